The highest BCUT2D eigenvalue weighted by Crippen LogP contribution is 2.37. The third-order valence-corrected chi connectivity index (χ3v) is 4.10. The normalized spacial score (nSPS) is 16.8. The molecule has 8 heteroatoms. The van der Waals surface area contributed by atoms with Crippen LogP contribution in [-0.2, 0) is 24.4 Å². The van der Waals surface area contributed by atoms with Gasteiger partial charge in [-0.3, -0.25) is 9.35 Å². The van der Waals surface area contributed by atoms with Crippen LogP contribution in [-0.4, -0.2) is 44.5 Å². The molecule has 2 aromatic rings. The Morgan fingerprint density at radius 3 is 2.58 bits per heavy atom. The Morgan fingerprint density at radius 2 is 1.88 bits per heavy atom. The Morgan fingerprint density at radius 1 is 1.17 bits per heavy atom. The Balaban J connectivity index is 1.62. The van der Waals surface area contributed by atoms with Crippen LogP contribution in [0.25, 0.3) is 10.8 Å². The second-order valence-electron chi connectivity index (χ2n) is 5.32. The Bertz CT molecular complexity index is 856. The zero-order valence-corrected chi connectivity index (χ0v) is 13.5. The summed E-state index contributed by atoms with van der Waals surface area (Å²) in [5.41, 5.74) is 1.11. The molecule has 1 aliphatic rings. The number of carbonyl (C=O) groups is 1. The lowest BCUT2D eigenvalue weighted by atomic mass is 10.0. The van der Waals surface area contributed by atoms with Gasteiger partial charge in [-0.2, -0.15) is 8.42 Å². The second kappa shape index (κ2) is 6.76. The van der Waals surface area contributed by atoms with Gasteiger partial charge < -0.3 is 14.2 Å². The molecule has 0 amide bonds. The SMILES string of the molecule is O=C(CS(=O)(=O)O)OCCOc1cccc2c(C3CO3)cccc12. The van der Waals surface area contributed by atoms with E-state index in [0.717, 1.165) is 16.3 Å². The first-order valence-corrected chi connectivity index (χ1v) is 8.92. The fourth-order valence-corrected chi connectivity index (χ4v) is 2.82. The van der Waals surface area contributed by atoms with Crippen molar-refractivity contribution in [2.45, 2.75) is 6.10 Å². The first-order chi connectivity index (χ1) is 11.4. The topological polar surface area (TPSA) is 102 Å². The lowest BCUT2D eigenvalue weighted by Gasteiger charge is -2.11. The van der Waals surface area contributed by atoms with E-state index in [-0.39, 0.29) is 19.3 Å². The highest BCUT2D eigenvalue weighted by Gasteiger charge is 2.26. The molecular weight excluding hydrogens is 336 g/mol. The fourth-order valence-electron chi connectivity index (χ4n) is 2.44. The van der Waals surface area contributed by atoms with Crippen molar-refractivity contribution < 1.29 is 32.0 Å². The van der Waals surface area contributed by atoms with Crippen molar-refractivity contribution in [2.24, 2.45) is 0 Å². The molecule has 1 N–H and O–H groups in total. The van der Waals surface area contributed by atoms with E-state index < -0.39 is 21.8 Å². The molecule has 128 valence electrons. The average Bonchev–Trinajstić information content (AvgIpc) is 3.34. The van der Waals surface area contributed by atoms with Crippen LogP contribution < -0.4 is 4.74 Å². The number of ether oxygens (including phenoxy) is 3. The molecule has 0 spiro atoms. The van der Waals surface area contributed by atoms with Crippen LogP contribution >= 0.6 is 0 Å². The first kappa shape index (κ1) is 16.7. The van der Waals surface area contributed by atoms with Crippen LogP contribution in [0.1, 0.15) is 11.7 Å². The van der Waals surface area contributed by atoms with Crippen molar-refractivity contribution in [1.29, 1.82) is 0 Å². The van der Waals surface area contributed by atoms with Gasteiger partial charge in [-0.15, -0.1) is 0 Å². The lowest BCUT2D eigenvalue weighted by molar-refractivity contribution is -0.141. The van der Waals surface area contributed by atoms with Gasteiger partial charge in [0.1, 0.15) is 25.1 Å². The molecule has 0 bridgehead atoms. The van der Waals surface area contributed by atoms with Gasteiger partial charge in [-0.1, -0.05) is 30.3 Å². The predicted octanol–water partition coefficient (Wildman–Crippen LogP) is 1.72. The summed E-state index contributed by atoms with van der Waals surface area (Å²) in [7, 11) is -4.38. The van der Waals surface area contributed by atoms with E-state index in [2.05, 4.69) is 0 Å². The monoisotopic (exact) mass is 352 g/mol. The van der Waals surface area contributed by atoms with E-state index in [1.165, 1.54) is 0 Å². The number of esters is 1. The molecule has 3 rings (SSSR count). The Hall–Kier alpha value is -2.16. The average molecular weight is 352 g/mol. The predicted molar refractivity (Wildman–Crippen MR) is 85.5 cm³/mol. The summed E-state index contributed by atoms with van der Waals surface area (Å²) >= 11 is 0. The molecule has 2 aromatic carbocycles. The van der Waals surface area contributed by atoms with Crippen molar-refractivity contribution in [3.63, 3.8) is 0 Å². The highest BCUT2D eigenvalue weighted by molar-refractivity contribution is 7.86. The van der Waals surface area contributed by atoms with E-state index in [1.54, 1.807) is 6.07 Å². The zero-order chi connectivity index (χ0) is 17.2. The van der Waals surface area contributed by atoms with Gasteiger partial charge in [0, 0.05) is 5.39 Å². The molecule has 7 nitrogen and oxygen atoms in total. The van der Waals surface area contributed by atoms with Gasteiger partial charge in [-0.25, -0.2) is 0 Å². The maximum absolute atomic E-state index is 11.2. The van der Waals surface area contributed by atoms with Gasteiger partial charge in [0.05, 0.1) is 6.61 Å². The van der Waals surface area contributed by atoms with Gasteiger partial charge in [0.25, 0.3) is 10.1 Å². The third kappa shape index (κ3) is 4.22. The molecule has 0 saturated carbocycles. The van der Waals surface area contributed by atoms with Crippen molar-refractivity contribution in [2.75, 3.05) is 25.6 Å². The van der Waals surface area contributed by atoms with Crippen LogP contribution in [0.15, 0.2) is 36.4 Å². The molecule has 1 fully saturated rings. The van der Waals surface area contributed by atoms with Crippen LogP contribution in [0.3, 0.4) is 0 Å². The summed E-state index contributed by atoms with van der Waals surface area (Å²) < 4.78 is 45.3. The first-order valence-electron chi connectivity index (χ1n) is 7.31. The number of rotatable bonds is 7. The molecule has 1 atom stereocenters. The van der Waals surface area contributed by atoms with E-state index in [4.69, 9.17) is 18.8 Å². The van der Waals surface area contributed by atoms with Crippen LogP contribution in [0, 0.1) is 0 Å². The van der Waals surface area contributed by atoms with Gasteiger partial charge in [0.15, 0.2) is 5.75 Å². The molecule has 1 heterocycles. The number of benzene rings is 2. The van der Waals surface area contributed by atoms with Crippen molar-refractivity contribution in [1.82, 2.24) is 0 Å². The molecule has 24 heavy (non-hydrogen) atoms. The van der Waals surface area contributed by atoms with Crippen LogP contribution in [0.5, 0.6) is 5.75 Å². The van der Waals surface area contributed by atoms with E-state index in [9.17, 15) is 13.2 Å². The summed E-state index contributed by atoms with van der Waals surface area (Å²) in [4.78, 5) is 11.2. The molecule has 0 aliphatic carbocycles. The van der Waals surface area contributed by atoms with Gasteiger partial charge >= 0.3 is 5.97 Å². The molecule has 1 unspecified atom stereocenters. The van der Waals surface area contributed by atoms with Crippen LogP contribution in [0.2, 0.25) is 0 Å². The second-order valence-corrected chi connectivity index (χ2v) is 6.77. The minimum atomic E-state index is -4.38. The maximum atomic E-state index is 11.2. The Labute approximate surface area is 138 Å². The number of epoxide rings is 1. The lowest BCUT2D eigenvalue weighted by Crippen LogP contribution is -2.20. The van der Waals surface area contributed by atoms with E-state index in [0.29, 0.717) is 12.4 Å². The summed E-state index contributed by atoms with van der Waals surface area (Å²) in [6.45, 7) is 0.671. The smallest absolute Gasteiger partial charge is 0.323 e. The zero-order valence-electron chi connectivity index (χ0n) is 12.7. The summed E-state index contributed by atoms with van der Waals surface area (Å²) in [6.07, 6.45) is 0.130. The maximum Gasteiger partial charge on any atom is 0.323 e. The molecule has 1 saturated heterocycles. The van der Waals surface area contributed by atoms with Crippen molar-refractivity contribution >= 4 is 26.9 Å². The van der Waals surface area contributed by atoms with Crippen molar-refractivity contribution in [3.8, 4) is 5.75 Å². The van der Waals surface area contributed by atoms with Crippen LogP contribution in [0.4, 0.5) is 0 Å². The quantitative estimate of drug-likeness (QED) is 0.350. The fraction of sp³-hybridized carbons (Fsp3) is 0.312. The summed E-state index contributed by atoms with van der Waals surface area (Å²) in [6, 6.07) is 11.5. The molecule has 0 aromatic heterocycles. The summed E-state index contributed by atoms with van der Waals surface area (Å²) in [5, 5.41) is 1.97. The van der Waals surface area contributed by atoms with E-state index >= 15 is 0 Å². The number of hydrogen-bond acceptors (Lipinski definition) is 6. The Kier molecular flexibility index (Phi) is 4.70. The number of hydrogen-bond donors (Lipinski definition) is 1. The minimum absolute atomic E-state index is 0.0699. The summed E-state index contributed by atoms with van der Waals surface area (Å²) in [5.74, 6) is -1.44. The van der Waals surface area contributed by atoms with E-state index in [1.807, 2.05) is 30.3 Å². The number of carbonyl (C=O) groups excluding carboxylic acids is 1. The minimum Gasteiger partial charge on any atom is -0.489 e. The third-order valence-electron chi connectivity index (χ3n) is 3.50. The highest BCUT2D eigenvalue weighted by atomic mass is 32.2. The largest absolute Gasteiger partial charge is 0.489 e. The van der Waals surface area contributed by atoms with Gasteiger partial charge in [-0.05, 0) is 17.0 Å². The van der Waals surface area contributed by atoms with Crippen molar-refractivity contribution in [3.05, 3.63) is 42.0 Å². The molecular formula is C16H16O7S. The number of fused-ring (bicyclic) bond motifs is 1. The van der Waals surface area contributed by atoms with Gasteiger partial charge in [0.2, 0.25) is 0 Å². The molecule has 0 radical (unpaired) electrons. The molecule has 1 aliphatic heterocycles. The standard InChI is InChI=1S/C16H16O7S/c17-16(10-24(18,19)20)22-8-7-21-14-6-2-3-11-12(14)4-1-5-13(11)15-9-23-15/h1-6,15H,7-10H2,(H,18,19,20).